The summed E-state index contributed by atoms with van der Waals surface area (Å²) in [5, 5.41) is 18.1. The molecule has 1 aromatic rings. The van der Waals surface area contributed by atoms with E-state index in [9.17, 15) is 18.3 Å². The van der Waals surface area contributed by atoms with E-state index < -0.39 is 21.6 Å². The molecule has 0 atom stereocenters. The van der Waals surface area contributed by atoms with Crippen LogP contribution in [0.15, 0.2) is 17.0 Å². The lowest BCUT2D eigenvalue weighted by molar-refractivity contribution is 0.0696. The molecule has 0 bridgehead atoms. The molecule has 1 rings (SSSR count). The normalized spacial score (nSPS) is 11.3. The molecule has 0 amide bonds. The number of sulfone groups is 1. The third-order valence-electron chi connectivity index (χ3n) is 1.94. The number of aromatic hydroxyl groups is 1. The molecule has 82 valence electrons. The molecule has 0 heterocycles. The zero-order valence-electron chi connectivity index (χ0n) is 8.18. The topological polar surface area (TPSA) is 91.7 Å². The van der Waals surface area contributed by atoms with Crippen molar-refractivity contribution in [1.82, 2.24) is 0 Å². The summed E-state index contributed by atoms with van der Waals surface area (Å²) in [6, 6.07) is 2.09. The molecule has 6 heteroatoms. The summed E-state index contributed by atoms with van der Waals surface area (Å²) in [5.74, 6) is -1.66. The molecule has 0 aliphatic heterocycles. The maximum atomic E-state index is 11.2. The van der Waals surface area contributed by atoms with E-state index in [2.05, 4.69) is 0 Å². The van der Waals surface area contributed by atoms with Gasteiger partial charge in [-0.25, -0.2) is 13.2 Å². The minimum Gasteiger partial charge on any atom is -0.507 e. The number of rotatable bonds is 2. The third-order valence-corrected chi connectivity index (χ3v) is 3.06. The van der Waals surface area contributed by atoms with Crippen molar-refractivity contribution in [1.29, 1.82) is 0 Å². The van der Waals surface area contributed by atoms with Crippen molar-refractivity contribution in [3.63, 3.8) is 0 Å². The number of phenolic OH excluding ortho intramolecular Hbond substituents is 1. The van der Waals surface area contributed by atoms with Crippen LogP contribution in [0, 0.1) is 6.92 Å². The zero-order valence-corrected chi connectivity index (χ0v) is 9.00. The number of phenols is 1. The quantitative estimate of drug-likeness (QED) is 0.784. The molecule has 0 aliphatic rings. The Labute approximate surface area is 86.9 Å². The SMILES string of the molecule is Cc1cc(O)c(S(C)(=O)=O)cc1C(=O)O. The predicted molar refractivity (Wildman–Crippen MR) is 52.9 cm³/mol. The number of carboxylic acid groups (broad SMARTS) is 1. The van der Waals surface area contributed by atoms with E-state index >= 15 is 0 Å². The zero-order chi connectivity index (χ0) is 11.8. The van der Waals surface area contributed by atoms with Gasteiger partial charge in [0.05, 0.1) is 5.56 Å². The standard InChI is InChI=1S/C9H10O5S/c1-5-3-7(10)8(15(2,13)14)4-6(5)9(11)12/h3-4,10H,1-2H3,(H,11,12). The Morgan fingerprint density at radius 2 is 1.87 bits per heavy atom. The predicted octanol–water partition coefficient (Wildman–Crippen LogP) is 0.802. The van der Waals surface area contributed by atoms with Gasteiger partial charge in [-0.3, -0.25) is 0 Å². The summed E-state index contributed by atoms with van der Waals surface area (Å²) in [6.07, 6.45) is 0.906. The Morgan fingerprint density at radius 3 is 2.27 bits per heavy atom. The smallest absolute Gasteiger partial charge is 0.335 e. The molecular formula is C9H10O5S. The van der Waals surface area contributed by atoms with Crippen LogP contribution in [0.3, 0.4) is 0 Å². The molecule has 1 aromatic carbocycles. The summed E-state index contributed by atoms with van der Waals surface area (Å²) in [4.78, 5) is 10.4. The van der Waals surface area contributed by atoms with Gasteiger partial charge in [0.2, 0.25) is 0 Å². The number of benzene rings is 1. The minimum absolute atomic E-state index is 0.131. The Balaban J connectivity index is 3.58. The second-order valence-electron chi connectivity index (χ2n) is 3.21. The van der Waals surface area contributed by atoms with E-state index in [0.717, 1.165) is 18.4 Å². The average Bonchev–Trinajstić information content (AvgIpc) is 2.00. The first kappa shape index (κ1) is 11.5. The van der Waals surface area contributed by atoms with E-state index in [-0.39, 0.29) is 10.5 Å². The summed E-state index contributed by atoms with van der Waals surface area (Å²) in [7, 11) is -3.62. The number of aromatic carboxylic acids is 1. The van der Waals surface area contributed by atoms with Gasteiger partial charge < -0.3 is 10.2 Å². The second kappa shape index (κ2) is 3.54. The van der Waals surface area contributed by atoms with Crippen LogP contribution in [0.2, 0.25) is 0 Å². The summed E-state index contributed by atoms with van der Waals surface area (Å²) >= 11 is 0. The summed E-state index contributed by atoms with van der Waals surface area (Å²) in [5.41, 5.74) is 0.181. The van der Waals surface area contributed by atoms with Crippen molar-refractivity contribution < 1.29 is 23.4 Å². The van der Waals surface area contributed by atoms with Crippen LogP contribution in [-0.4, -0.2) is 30.9 Å². The molecule has 0 saturated carbocycles. The Bertz CT molecular complexity index is 516. The lowest BCUT2D eigenvalue weighted by Crippen LogP contribution is -2.04. The Morgan fingerprint density at radius 1 is 1.33 bits per heavy atom. The van der Waals surface area contributed by atoms with Gasteiger partial charge in [0, 0.05) is 6.26 Å². The van der Waals surface area contributed by atoms with E-state index in [1.807, 2.05) is 0 Å². The fourth-order valence-electron chi connectivity index (χ4n) is 1.20. The first-order valence-corrected chi connectivity index (χ1v) is 5.89. The Hall–Kier alpha value is -1.56. The molecule has 0 aromatic heterocycles. The first-order chi connectivity index (χ1) is 6.73. The van der Waals surface area contributed by atoms with Crippen molar-refractivity contribution in [2.24, 2.45) is 0 Å². The van der Waals surface area contributed by atoms with E-state index in [0.29, 0.717) is 5.56 Å². The number of carbonyl (C=O) groups is 1. The van der Waals surface area contributed by atoms with E-state index in [1.165, 1.54) is 6.92 Å². The monoisotopic (exact) mass is 230 g/mol. The van der Waals surface area contributed by atoms with Crippen LogP contribution in [0.25, 0.3) is 0 Å². The number of hydrogen-bond acceptors (Lipinski definition) is 4. The Kier molecular flexibility index (Phi) is 2.72. The van der Waals surface area contributed by atoms with Gasteiger partial charge in [0.1, 0.15) is 10.6 Å². The highest BCUT2D eigenvalue weighted by atomic mass is 32.2. The van der Waals surface area contributed by atoms with Crippen LogP contribution in [0.1, 0.15) is 15.9 Å². The number of aryl methyl sites for hydroxylation is 1. The molecule has 0 saturated heterocycles. The largest absolute Gasteiger partial charge is 0.507 e. The van der Waals surface area contributed by atoms with Crippen molar-refractivity contribution >= 4 is 15.8 Å². The molecule has 0 unspecified atom stereocenters. The average molecular weight is 230 g/mol. The van der Waals surface area contributed by atoms with Crippen molar-refractivity contribution in [2.75, 3.05) is 6.26 Å². The van der Waals surface area contributed by atoms with Gasteiger partial charge in [-0.1, -0.05) is 0 Å². The summed E-state index contributed by atoms with van der Waals surface area (Å²) < 4.78 is 22.4. The fourth-order valence-corrected chi connectivity index (χ4v) is 1.97. The van der Waals surface area contributed by atoms with E-state index in [4.69, 9.17) is 5.11 Å². The maximum Gasteiger partial charge on any atom is 0.335 e. The number of hydrogen-bond donors (Lipinski definition) is 2. The minimum atomic E-state index is -3.62. The molecule has 0 spiro atoms. The van der Waals surface area contributed by atoms with Gasteiger partial charge >= 0.3 is 5.97 Å². The third kappa shape index (κ3) is 2.27. The van der Waals surface area contributed by atoms with Gasteiger partial charge in [-0.05, 0) is 24.6 Å². The molecule has 0 fully saturated rings. The van der Waals surface area contributed by atoms with Crippen LogP contribution < -0.4 is 0 Å². The summed E-state index contributed by atoms with van der Waals surface area (Å²) in [6.45, 7) is 1.48. The lowest BCUT2D eigenvalue weighted by atomic mass is 10.1. The highest BCUT2D eigenvalue weighted by Gasteiger charge is 2.18. The fraction of sp³-hybridized carbons (Fsp3) is 0.222. The molecule has 15 heavy (non-hydrogen) atoms. The van der Waals surface area contributed by atoms with E-state index in [1.54, 1.807) is 0 Å². The molecule has 2 N–H and O–H groups in total. The van der Waals surface area contributed by atoms with Crippen molar-refractivity contribution in [2.45, 2.75) is 11.8 Å². The van der Waals surface area contributed by atoms with Crippen LogP contribution >= 0.6 is 0 Å². The van der Waals surface area contributed by atoms with Crippen LogP contribution in [0.4, 0.5) is 0 Å². The van der Waals surface area contributed by atoms with Crippen LogP contribution in [-0.2, 0) is 9.84 Å². The number of carboxylic acids is 1. The van der Waals surface area contributed by atoms with Crippen molar-refractivity contribution in [3.05, 3.63) is 23.3 Å². The van der Waals surface area contributed by atoms with Gasteiger partial charge in [-0.15, -0.1) is 0 Å². The highest BCUT2D eigenvalue weighted by molar-refractivity contribution is 7.90. The molecule has 0 radical (unpaired) electrons. The molecular weight excluding hydrogens is 220 g/mol. The van der Waals surface area contributed by atoms with Crippen molar-refractivity contribution in [3.8, 4) is 5.75 Å². The second-order valence-corrected chi connectivity index (χ2v) is 5.20. The lowest BCUT2D eigenvalue weighted by Gasteiger charge is -2.06. The molecule has 5 nitrogen and oxygen atoms in total. The van der Waals surface area contributed by atoms with Crippen LogP contribution in [0.5, 0.6) is 5.75 Å². The van der Waals surface area contributed by atoms with Gasteiger partial charge in [0.25, 0.3) is 0 Å². The molecule has 0 aliphatic carbocycles. The highest BCUT2D eigenvalue weighted by Crippen LogP contribution is 2.26. The van der Waals surface area contributed by atoms with Gasteiger partial charge in [0.15, 0.2) is 9.84 Å². The maximum absolute atomic E-state index is 11.2. The van der Waals surface area contributed by atoms with Gasteiger partial charge in [-0.2, -0.15) is 0 Å². The first-order valence-electron chi connectivity index (χ1n) is 4.00.